The van der Waals surface area contributed by atoms with Crippen LogP contribution in [-0.2, 0) is 24.9 Å². The zero-order chi connectivity index (χ0) is 19.8. The maximum atomic E-state index is 5.41. The minimum atomic E-state index is 0.578. The van der Waals surface area contributed by atoms with Crippen LogP contribution in [0.2, 0.25) is 0 Å². The molecule has 0 bridgehead atoms. The van der Waals surface area contributed by atoms with Crippen molar-refractivity contribution >= 4 is 5.96 Å². The van der Waals surface area contributed by atoms with E-state index in [1.54, 1.807) is 0 Å². The average molecular weight is 386 g/mol. The molecule has 28 heavy (non-hydrogen) atoms. The molecule has 0 aliphatic carbocycles. The first-order valence-corrected chi connectivity index (χ1v) is 9.84. The summed E-state index contributed by atoms with van der Waals surface area (Å²) in [4.78, 5) is 7.15. The number of guanidine groups is 1. The van der Waals surface area contributed by atoms with Crippen molar-refractivity contribution in [2.75, 3.05) is 39.4 Å². The second-order valence-electron chi connectivity index (χ2n) is 7.11. The highest BCUT2D eigenvalue weighted by Crippen LogP contribution is 2.04. The van der Waals surface area contributed by atoms with E-state index in [9.17, 15) is 0 Å². The van der Waals surface area contributed by atoms with E-state index in [0.29, 0.717) is 13.1 Å². The maximum absolute atomic E-state index is 5.41. The Kier molecular flexibility index (Phi) is 7.39. The highest BCUT2D eigenvalue weighted by molar-refractivity contribution is 5.79. The fourth-order valence-electron chi connectivity index (χ4n) is 2.96. The van der Waals surface area contributed by atoms with Crippen LogP contribution in [0.5, 0.6) is 0 Å². The first-order valence-electron chi connectivity index (χ1n) is 9.84. The van der Waals surface area contributed by atoms with Gasteiger partial charge in [0, 0.05) is 33.2 Å². The summed E-state index contributed by atoms with van der Waals surface area (Å²) >= 11 is 0. The average Bonchev–Trinajstić information content (AvgIpc) is 3.03. The van der Waals surface area contributed by atoms with E-state index in [4.69, 9.17) is 9.73 Å². The molecular formula is C20H31N7O. The first-order chi connectivity index (χ1) is 13.6. The molecule has 1 aromatic carbocycles. The Labute approximate surface area is 167 Å². The van der Waals surface area contributed by atoms with Gasteiger partial charge in [0.25, 0.3) is 0 Å². The Balaban J connectivity index is 1.57. The molecule has 2 N–H and O–H groups in total. The summed E-state index contributed by atoms with van der Waals surface area (Å²) < 4.78 is 7.39. The van der Waals surface area contributed by atoms with Crippen molar-refractivity contribution < 1.29 is 4.74 Å². The largest absolute Gasteiger partial charge is 0.379 e. The van der Waals surface area contributed by atoms with Crippen molar-refractivity contribution in [2.24, 2.45) is 12.0 Å². The topological polar surface area (TPSA) is 79.6 Å². The van der Waals surface area contributed by atoms with Crippen molar-refractivity contribution in [1.82, 2.24) is 30.3 Å². The van der Waals surface area contributed by atoms with Gasteiger partial charge in [-0.15, -0.1) is 10.2 Å². The summed E-state index contributed by atoms with van der Waals surface area (Å²) in [6, 6.07) is 8.48. The standard InChI is InChI=1S/C20H31N7O/c1-16-4-6-18(7-5-16)14-22-20(21-8-9-27-10-12-28-13-11-27)23-15-19-25-24-17(2)26(19)3/h4-7H,8-15H2,1-3H3,(H2,21,22,23). The monoisotopic (exact) mass is 385 g/mol. The Bertz CT molecular complexity index is 763. The molecule has 2 aromatic rings. The van der Waals surface area contributed by atoms with E-state index >= 15 is 0 Å². The Morgan fingerprint density at radius 2 is 1.86 bits per heavy atom. The minimum Gasteiger partial charge on any atom is -0.379 e. The van der Waals surface area contributed by atoms with E-state index in [1.807, 2.05) is 18.5 Å². The van der Waals surface area contributed by atoms with Gasteiger partial charge in [-0.25, -0.2) is 4.99 Å². The lowest BCUT2D eigenvalue weighted by molar-refractivity contribution is 0.0389. The highest BCUT2D eigenvalue weighted by Gasteiger charge is 2.10. The van der Waals surface area contributed by atoms with Crippen LogP contribution in [0.25, 0.3) is 0 Å². The number of aryl methyl sites for hydroxylation is 2. The third-order valence-corrected chi connectivity index (χ3v) is 4.96. The molecule has 8 heteroatoms. The zero-order valence-electron chi connectivity index (χ0n) is 17.1. The van der Waals surface area contributed by atoms with Crippen LogP contribution in [0.3, 0.4) is 0 Å². The lowest BCUT2D eigenvalue weighted by atomic mass is 10.1. The van der Waals surface area contributed by atoms with Gasteiger partial charge in [0.05, 0.1) is 26.3 Å². The number of ether oxygens (including phenoxy) is 1. The third kappa shape index (κ3) is 6.03. The summed E-state index contributed by atoms with van der Waals surface area (Å²) in [5.41, 5.74) is 2.45. The third-order valence-electron chi connectivity index (χ3n) is 4.96. The van der Waals surface area contributed by atoms with Gasteiger partial charge in [-0.3, -0.25) is 4.90 Å². The first kappa shape index (κ1) is 20.3. The molecule has 0 unspecified atom stereocenters. The van der Waals surface area contributed by atoms with Crippen molar-refractivity contribution in [1.29, 1.82) is 0 Å². The fraction of sp³-hybridized carbons (Fsp3) is 0.550. The number of hydrogen-bond acceptors (Lipinski definition) is 5. The van der Waals surface area contributed by atoms with Crippen LogP contribution in [0.15, 0.2) is 29.3 Å². The number of aliphatic imine (C=N–C) groups is 1. The molecule has 1 saturated heterocycles. The molecule has 1 aromatic heterocycles. The fourth-order valence-corrected chi connectivity index (χ4v) is 2.96. The van der Waals surface area contributed by atoms with Gasteiger partial charge >= 0.3 is 0 Å². The normalized spacial score (nSPS) is 15.6. The predicted molar refractivity (Wildman–Crippen MR) is 110 cm³/mol. The van der Waals surface area contributed by atoms with Gasteiger partial charge in [-0.2, -0.15) is 0 Å². The molecule has 1 fully saturated rings. The summed E-state index contributed by atoms with van der Waals surface area (Å²) in [6.07, 6.45) is 0. The lowest BCUT2D eigenvalue weighted by Crippen LogP contribution is -2.44. The Hall–Kier alpha value is -2.45. The van der Waals surface area contributed by atoms with Crippen LogP contribution in [0, 0.1) is 13.8 Å². The molecule has 3 rings (SSSR count). The summed E-state index contributed by atoms with van der Waals surface area (Å²) in [5.74, 6) is 2.57. The minimum absolute atomic E-state index is 0.578. The SMILES string of the molecule is Cc1ccc(CN=C(NCCN2CCOCC2)NCc2nnc(C)n2C)cc1. The van der Waals surface area contributed by atoms with Crippen molar-refractivity contribution in [2.45, 2.75) is 26.9 Å². The second-order valence-corrected chi connectivity index (χ2v) is 7.11. The molecule has 0 atom stereocenters. The number of nitrogens with one attached hydrogen (secondary N) is 2. The number of aromatic nitrogens is 3. The number of morpholine rings is 1. The molecule has 1 aliphatic heterocycles. The van der Waals surface area contributed by atoms with E-state index in [2.05, 4.69) is 56.9 Å². The number of benzene rings is 1. The van der Waals surface area contributed by atoms with Crippen LogP contribution < -0.4 is 10.6 Å². The Morgan fingerprint density at radius 1 is 1.11 bits per heavy atom. The smallest absolute Gasteiger partial charge is 0.192 e. The van der Waals surface area contributed by atoms with E-state index in [-0.39, 0.29) is 0 Å². The van der Waals surface area contributed by atoms with E-state index < -0.39 is 0 Å². The molecule has 2 heterocycles. The second kappa shape index (κ2) is 10.2. The molecular weight excluding hydrogens is 354 g/mol. The van der Waals surface area contributed by atoms with Crippen molar-refractivity contribution in [3.63, 3.8) is 0 Å². The van der Waals surface area contributed by atoms with Gasteiger partial charge in [0.2, 0.25) is 0 Å². The molecule has 0 radical (unpaired) electrons. The van der Waals surface area contributed by atoms with E-state index in [1.165, 1.54) is 11.1 Å². The molecule has 0 spiro atoms. The van der Waals surface area contributed by atoms with Crippen LogP contribution in [0.4, 0.5) is 0 Å². The van der Waals surface area contributed by atoms with Crippen molar-refractivity contribution in [3.8, 4) is 0 Å². The van der Waals surface area contributed by atoms with Crippen LogP contribution >= 0.6 is 0 Å². The van der Waals surface area contributed by atoms with Gasteiger partial charge in [-0.05, 0) is 19.4 Å². The predicted octanol–water partition coefficient (Wildman–Crippen LogP) is 1.000. The maximum Gasteiger partial charge on any atom is 0.192 e. The van der Waals surface area contributed by atoms with Crippen LogP contribution in [-0.4, -0.2) is 65.0 Å². The van der Waals surface area contributed by atoms with Gasteiger partial charge in [-0.1, -0.05) is 29.8 Å². The lowest BCUT2D eigenvalue weighted by Gasteiger charge is -2.26. The van der Waals surface area contributed by atoms with Crippen molar-refractivity contribution in [3.05, 3.63) is 47.0 Å². The summed E-state index contributed by atoms with van der Waals surface area (Å²) in [5, 5.41) is 15.2. The van der Waals surface area contributed by atoms with E-state index in [0.717, 1.165) is 57.0 Å². The summed E-state index contributed by atoms with van der Waals surface area (Å²) in [6.45, 7) is 10.7. The molecule has 0 amide bonds. The molecule has 0 saturated carbocycles. The zero-order valence-corrected chi connectivity index (χ0v) is 17.1. The molecule has 8 nitrogen and oxygen atoms in total. The Morgan fingerprint density at radius 3 is 2.54 bits per heavy atom. The molecule has 1 aliphatic rings. The number of rotatable bonds is 7. The number of hydrogen-bond donors (Lipinski definition) is 2. The van der Waals surface area contributed by atoms with Gasteiger partial charge < -0.3 is 19.9 Å². The van der Waals surface area contributed by atoms with Gasteiger partial charge in [0.1, 0.15) is 5.82 Å². The molecule has 152 valence electrons. The highest BCUT2D eigenvalue weighted by atomic mass is 16.5. The summed E-state index contributed by atoms with van der Waals surface area (Å²) in [7, 11) is 1.97. The number of nitrogens with zero attached hydrogens (tertiary/aromatic N) is 5. The quantitative estimate of drug-likeness (QED) is 0.547. The van der Waals surface area contributed by atoms with Gasteiger partial charge in [0.15, 0.2) is 11.8 Å². The van der Waals surface area contributed by atoms with Crippen LogP contribution in [0.1, 0.15) is 22.8 Å².